The van der Waals surface area contributed by atoms with E-state index in [-0.39, 0.29) is 10.6 Å². The molecule has 0 saturated carbocycles. The molecule has 0 N–H and O–H groups in total. The van der Waals surface area contributed by atoms with Crippen molar-refractivity contribution in [2.45, 2.75) is 0 Å². The lowest BCUT2D eigenvalue weighted by Gasteiger charge is -2.12. The SMILES string of the molecule is CS(=O)(=O)C1=CC(=O)C(=[N+]=[N-])c2ccccc21. The molecule has 17 heavy (non-hydrogen) atoms. The third-order valence-electron chi connectivity index (χ3n) is 2.44. The fourth-order valence-electron chi connectivity index (χ4n) is 1.71. The Morgan fingerprint density at radius 2 is 1.76 bits per heavy atom. The van der Waals surface area contributed by atoms with Crippen molar-refractivity contribution in [3.05, 3.63) is 47.0 Å². The highest BCUT2D eigenvalue weighted by Crippen LogP contribution is 2.28. The molecule has 0 aromatic heterocycles. The molecule has 0 saturated heterocycles. The number of fused-ring (bicyclic) bond motifs is 1. The van der Waals surface area contributed by atoms with Gasteiger partial charge in [-0.05, 0) is 6.07 Å². The van der Waals surface area contributed by atoms with Crippen LogP contribution in [-0.4, -0.2) is 31.0 Å². The van der Waals surface area contributed by atoms with Gasteiger partial charge in [-0.3, -0.25) is 4.79 Å². The van der Waals surface area contributed by atoms with Crippen molar-refractivity contribution in [3.63, 3.8) is 0 Å². The second-order valence-electron chi connectivity index (χ2n) is 3.64. The average Bonchev–Trinajstić information content (AvgIpc) is 2.27. The van der Waals surface area contributed by atoms with Gasteiger partial charge in [-0.1, -0.05) is 18.2 Å². The first-order valence-corrected chi connectivity index (χ1v) is 6.62. The molecule has 0 spiro atoms. The van der Waals surface area contributed by atoms with Crippen LogP contribution in [0.4, 0.5) is 0 Å². The Labute approximate surface area is 97.9 Å². The van der Waals surface area contributed by atoms with Crippen molar-refractivity contribution in [1.82, 2.24) is 0 Å². The molecule has 0 radical (unpaired) electrons. The van der Waals surface area contributed by atoms with E-state index in [0.717, 1.165) is 12.3 Å². The number of carbonyl (C=O) groups is 1. The van der Waals surface area contributed by atoms with E-state index in [1.807, 2.05) is 0 Å². The van der Waals surface area contributed by atoms with Crippen LogP contribution in [-0.2, 0) is 14.6 Å². The monoisotopic (exact) mass is 248 g/mol. The highest BCUT2D eigenvalue weighted by Gasteiger charge is 2.33. The number of allylic oxidation sites excluding steroid dienone is 1. The minimum Gasteiger partial charge on any atom is -0.361 e. The van der Waals surface area contributed by atoms with E-state index in [2.05, 4.69) is 4.79 Å². The number of nitrogens with zero attached hydrogens (tertiary/aromatic N) is 2. The van der Waals surface area contributed by atoms with Gasteiger partial charge in [0.1, 0.15) is 0 Å². The van der Waals surface area contributed by atoms with Crippen molar-refractivity contribution in [3.8, 4) is 0 Å². The van der Waals surface area contributed by atoms with E-state index in [1.54, 1.807) is 24.3 Å². The van der Waals surface area contributed by atoms with Crippen LogP contribution in [0.5, 0.6) is 0 Å². The van der Waals surface area contributed by atoms with Crippen LogP contribution in [0.1, 0.15) is 11.1 Å². The zero-order chi connectivity index (χ0) is 12.6. The molecular weight excluding hydrogens is 240 g/mol. The Balaban J connectivity index is 2.85. The molecule has 0 amide bonds. The molecule has 1 aromatic carbocycles. The number of benzene rings is 1. The molecule has 86 valence electrons. The lowest BCUT2D eigenvalue weighted by atomic mass is 9.95. The van der Waals surface area contributed by atoms with Gasteiger partial charge < -0.3 is 5.53 Å². The lowest BCUT2D eigenvalue weighted by Crippen LogP contribution is -2.22. The van der Waals surface area contributed by atoms with Crippen molar-refractivity contribution in [2.24, 2.45) is 0 Å². The topological polar surface area (TPSA) is 87.6 Å². The fraction of sp³-hybridized carbons (Fsp3) is 0.0909. The van der Waals surface area contributed by atoms with Crippen LogP contribution < -0.4 is 0 Å². The van der Waals surface area contributed by atoms with Crippen LogP contribution in [0.3, 0.4) is 0 Å². The zero-order valence-corrected chi connectivity index (χ0v) is 9.73. The highest BCUT2D eigenvalue weighted by atomic mass is 32.2. The molecule has 0 fully saturated rings. The molecule has 2 rings (SSSR count). The normalized spacial score (nSPS) is 15.0. The van der Waals surface area contributed by atoms with Gasteiger partial charge in [0.15, 0.2) is 9.84 Å². The third kappa shape index (κ3) is 1.84. The smallest absolute Gasteiger partial charge is 0.361 e. The largest absolute Gasteiger partial charge is 0.369 e. The summed E-state index contributed by atoms with van der Waals surface area (Å²) in [6.07, 6.45) is 2.01. The molecule has 1 aliphatic rings. The molecule has 0 aliphatic heterocycles. The molecular formula is C11H8N2O3S. The summed E-state index contributed by atoms with van der Waals surface area (Å²) in [5, 5.41) is 0. The highest BCUT2D eigenvalue weighted by molar-refractivity contribution is 8.00. The number of hydrogen-bond acceptors (Lipinski definition) is 3. The fourth-order valence-corrected chi connectivity index (χ4v) is 2.61. The van der Waals surface area contributed by atoms with Gasteiger partial charge in [0, 0.05) is 17.9 Å². The first kappa shape index (κ1) is 11.4. The zero-order valence-electron chi connectivity index (χ0n) is 8.91. The molecule has 0 bridgehead atoms. The molecule has 1 aliphatic carbocycles. The second kappa shape index (κ2) is 3.76. The third-order valence-corrected chi connectivity index (χ3v) is 3.58. The van der Waals surface area contributed by atoms with Crippen LogP contribution >= 0.6 is 0 Å². The van der Waals surface area contributed by atoms with Crippen molar-refractivity contribution in [1.29, 1.82) is 0 Å². The maximum absolute atomic E-state index is 11.6. The van der Waals surface area contributed by atoms with Gasteiger partial charge in [0.05, 0.1) is 10.5 Å². The van der Waals surface area contributed by atoms with Crippen molar-refractivity contribution in [2.75, 3.05) is 6.26 Å². The van der Waals surface area contributed by atoms with Gasteiger partial charge in [-0.2, -0.15) is 4.79 Å². The summed E-state index contributed by atoms with van der Waals surface area (Å²) >= 11 is 0. The van der Waals surface area contributed by atoms with Crippen LogP contribution in [0, 0.1) is 0 Å². The summed E-state index contributed by atoms with van der Waals surface area (Å²) in [5.41, 5.74) is 9.34. The van der Waals surface area contributed by atoms with Gasteiger partial charge in [-0.15, -0.1) is 0 Å². The predicted octanol–water partition coefficient (Wildman–Crippen LogP) is 0.674. The minimum absolute atomic E-state index is 0.0505. The summed E-state index contributed by atoms with van der Waals surface area (Å²) in [6, 6.07) is 6.41. The maximum atomic E-state index is 11.6. The Kier molecular flexibility index (Phi) is 2.53. The summed E-state index contributed by atoms with van der Waals surface area (Å²) in [4.78, 5) is 14.5. The lowest BCUT2D eigenvalue weighted by molar-refractivity contribution is -0.112. The number of rotatable bonds is 1. The summed E-state index contributed by atoms with van der Waals surface area (Å²) < 4.78 is 23.1. The summed E-state index contributed by atoms with van der Waals surface area (Å²) in [7, 11) is -3.50. The molecule has 5 nitrogen and oxygen atoms in total. The van der Waals surface area contributed by atoms with E-state index in [9.17, 15) is 13.2 Å². The quantitative estimate of drug-likeness (QED) is 0.540. The van der Waals surface area contributed by atoms with Gasteiger partial charge >= 0.3 is 5.71 Å². The Hall–Kier alpha value is -2.04. The average molecular weight is 248 g/mol. The molecule has 1 aromatic rings. The van der Waals surface area contributed by atoms with Crippen LogP contribution in [0.2, 0.25) is 0 Å². The van der Waals surface area contributed by atoms with E-state index in [4.69, 9.17) is 5.53 Å². The summed E-state index contributed by atoms with van der Waals surface area (Å²) in [6.45, 7) is 0. The number of sulfone groups is 1. The second-order valence-corrected chi connectivity index (χ2v) is 5.62. The Morgan fingerprint density at radius 3 is 2.29 bits per heavy atom. The maximum Gasteiger partial charge on any atom is 0.369 e. The van der Waals surface area contributed by atoms with Crippen LogP contribution in [0.15, 0.2) is 30.3 Å². The molecule has 0 heterocycles. The first-order valence-electron chi connectivity index (χ1n) is 4.73. The van der Waals surface area contributed by atoms with E-state index < -0.39 is 15.6 Å². The van der Waals surface area contributed by atoms with Crippen molar-refractivity contribution >= 4 is 26.2 Å². The number of hydrogen-bond donors (Lipinski definition) is 0. The van der Waals surface area contributed by atoms with Gasteiger partial charge in [0.25, 0.3) is 5.78 Å². The minimum atomic E-state index is -3.50. The molecule has 0 unspecified atom stereocenters. The van der Waals surface area contributed by atoms with Crippen LogP contribution in [0.25, 0.3) is 10.4 Å². The van der Waals surface area contributed by atoms with E-state index in [1.165, 1.54) is 0 Å². The Bertz CT molecular complexity index is 695. The molecule has 6 heteroatoms. The standard InChI is InChI=1S/C11H8N2O3S/c1-17(15,16)10-6-9(14)11(13-12)8-5-3-2-4-7(8)10/h2-6H,1H3. The van der Waals surface area contributed by atoms with E-state index >= 15 is 0 Å². The number of carbonyl (C=O) groups excluding carboxylic acids is 1. The number of ketones is 1. The first-order chi connectivity index (χ1) is 7.95. The van der Waals surface area contributed by atoms with Gasteiger partial charge in [-0.25, -0.2) is 8.42 Å². The summed E-state index contributed by atoms with van der Waals surface area (Å²) in [5.74, 6) is -0.619. The van der Waals surface area contributed by atoms with Crippen molar-refractivity contribution < 1.29 is 18.0 Å². The molecule has 0 atom stereocenters. The van der Waals surface area contributed by atoms with Gasteiger partial charge in [0.2, 0.25) is 0 Å². The van der Waals surface area contributed by atoms with E-state index in [0.29, 0.717) is 11.1 Å². The Morgan fingerprint density at radius 1 is 1.18 bits per heavy atom. The predicted molar refractivity (Wildman–Crippen MR) is 62.0 cm³/mol.